The molecule has 16 heavy (non-hydrogen) atoms. The van der Waals surface area contributed by atoms with Crippen LogP contribution in [0.5, 0.6) is 0 Å². The van der Waals surface area contributed by atoms with Crippen molar-refractivity contribution in [1.29, 1.82) is 0 Å². The van der Waals surface area contributed by atoms with E-state index in [1.54, 1.807) is 18.2 Å². The molecule has 1 heterocycles. The van der Waals surface area contributed by atoms with E-state index >= 15 is 0 Å². The third kappa shape index (κ3) is 1.21. The molecule has 0 aliphatic heterocycles. The number of hydrogen-bond acceptors (Lipinski definition) is 2. The molecule has 0 atom stereocenters. The highest BCUT2D eigenvalue weighted by atomic mass is 19.1. The Balaban J connectivity index is 2.67. The molecule has 3 heteroatoms. The molecule has 0 bridgehead atoms. The number of rotatable bonds is 0. The maximum atomic E-state index is 13.2. The summed E-state index contributed by atoms with van der Waals surface area (Å²) in [5, 5.41) is 1.74. The first-order chi connectivity index (χ1) is 7.75. The smallest absolute Gasteiger partial charge is 0.344 e. The van der Waals surface area contributed by atoms with Crippen molar-refractivity contribution in [3.8, 4) is 0 Å². The van der Waals surface area contributed by atoms with Gasteiger partial charge in [0.2, 0.25) is 0 Å². The van der Waals surface area contributed by atoms with Gasteiger partial charge in [-0.15, -0.1) is 0 Å². The molecule has 0 N–H and O–H groups in total. The van der Waals surface area contributed by atoms with E-state index in [0.717, 1.165) is 5.39 Å². The maximum absolute atomic E-state index is 13.2. The van der Waals surface area contributed by atoms with Crippen LogP contribution < -0.4 is 5.63 Å². The van der Waals surface area contributed by atoms with E-state index in [1.807, 2.05) is 6.07 Å². The summed E-state index contributed by atoms with van der Waals surface area (Å²) in [5.41, 5.74) is 0.0410. The van der Waals surface area contributed by atoms with Gasteiger partial charge in [-0.1, -0.05) is 18.2 Å². The minimum atomic E-state index is -0.436. The number of hydrogen-bond donors (Lipinski definition) is 0. The molecule has 0 saturated carbocycles. The van der Waals surface area contributed by atoms with Gasteiger partial charge >= 0.3 is 5.63 Å². The Kier molecular flexibility index (Phi) is 1.80. The highest BCUT2D eigenvalue weighted by molar-refractivity contribution is 6.04. The van der Waals surface area contributed by atoms with Crippen molar-refractivity contribution in [3.05, 3.63) is 58.7 Å². The first-order valence-electron chi connectivity index (χ1n) is 4.87. The second-order valence-corrected chi connectivity index (χ2v) is 3.58. The molecule has 0 spiro atoms. The molecule has 0 radical (unpaired) electrons. The normalized spacial score (nSPS) is 11.1. The average molecular weight is 214 g/mol. The van der Waals surface area contributed by atoms with Crippen LogP contribution in [0.1, 0.15) is 0 Å². The lowest BCUT2D eigenvalue weighted by Gasteiger charge is -2.01. The molecule has 0 aliphatic rings. The lowest BCUT2D eigenvalue weighted by molar-refractivity contribution is 0.569. The summed E-state index contributed by atoms with van der Waals surface area (Å²) in [4.78, 5) is 11.6. The molecular weight excluding hydrogens is 207 g/mol. The monoisotopic (exact) mass is 214 g/mol. The van der Waals surface area contributed by atoms with Crippen molar-refractivity contribution in [2.75, 3.05) is 0 Å². The first kappa shape index (κ1) is 9.09. The van der Waals surface area contributed by atoms with Crippen LogP contribution in [-0.2, 0) is 0 Å². The largest absolute Gasteiger partial charge is 0.422 e. The van der Waals surface area contributed by atoms with Crippen LogP contribution in [0.3, 0.4) is 0 Å². The topological polar surface area (TPSA) is 30.2 Å². The van der Waals surface area contributed by atoms with Crippen molar-refractivity contribution < 1.29 is 8.81 Å². The van der Waals surface area contributed by atoms with Gasteiger partial charge in [0.1, 0.15) is 11.4 Å². The van der Waals surface area contributed by atoms with Gasteiger partial charge in [0, 0.05) is 10.8 Å². The van der Waals surface area contributed by atoms with Crippen molar-refractivity contribution in [2.24, 2.45) is 0 Å². The van der Waals surface area contributed by atoms with Crippen LogP contribution in [0.15, 0.2) is 51.7 Å². The number of para-hydroxylation sites is 1. The zero-order valence-corrected chi connectivity index (χ0v) is 8.24. The van der Waals surface area contributed by atoms with E-state index in [2.05, 4.69) is 0 Å². The molecule has 1 aromatic heterocycles. The Labute approximate surface area is 89.9 Å². The minimum absolute atomic E-state index is 0.358. The Bertz CT molecular complexity index is 744. The van der Waals surface area contributed by atoms with Gasteiger partial charge in [-0.05, 0) is 24.3 Å². The fraction of sp³-hybridized carbons (Fsp3) is 0. The van der Waals surface area contributed by atoms with Crippen LogP contribution in [0.25, 0.3) is 21.7 Å². The van der Waals surface area contributed by atoms with Gasteiger partial charge in [-0.3, -0.25) is 0 Å². The summed E-state index contributed by atoms with van der Waals surface area (Å²) in [6.45, 7) is 0. The van der Waals surface area contributed by atoms with Crippen LogP contribution in [0.4, 0.5) is 4.39 Å². The van der Waals surface area contributed by atoms with E-state index < -0.39 is 5.63 Å². The standard InChI is InChI=1S/C13H7FO2/c14-8-5-6-10-11(7-8)9-3-1-2-4-12(9)16-13(10)15/h1-7H. The third-order valence-electron chi connectivity index (χ3n) is 2.58. The van der Waals surface area contributed by atoms with E-state index in [0.29, 0.717) is 16.4 Å². The van der Waals surface area contributed by atoms with Crippen molar-refractivity contribution in [3.63, 3.8) is 0 Å². The molecule has 0 unspecified atom stereocenters. The molecular formula is C13H7FO2. The quantitative estimate of drug-likeness (QED) is 0.425. The molecule has 3 aromatic rings. The van der Waals surface area contributed by atoms with E-state index in [4.69, 9.17) is 4.42 Å². The second-order valence-electron chi connectivity index (χ2n) is 3.58. The Hall–Kier alpha value is -2.16. The van der Waals surface area contributed by atoms with E-state index in [-0.39, 0.29) is 5.82 Å². The number of fused-ring (bicyclic) bond motifs is 3. The zero-order chi connectivity index (χ0) is 11.1. The van der Waals surface area contributed by atoms with Gasteiger partial charge in [-0.2, -0.15) is 0 Å². The van der Waals surface area contributed by atoms with Gasteiger partial charge in [0.05, 0.1) is 5.39 Å². The maximum Gasteiger partial charge on any atom is 0.344 e. The molecule has 3 rings (SSSR count). The Morgan fingerprint density at radius 1 is 0.938 bits per heavy atom. The second kappa shape index (κ2) is 3.17. The van der Waals surface area contributed by atoms with Crippen LogP contribution in [0.2, 0.25) is 0 Å². The van der Waals surface area contributed by atoms with Gasteiger partial charge in [0.15, 0.2) is 0 Å². The highest BCUT2D eigenvalue weighted by Gasteiger charge is 2.06. The molecule has 0 aliphatic carbocycles. The summed E-state index contributed by atoms with van der Waals surface area (Å²) in [5.74, 6) is -0.358. The van der Waals surface area contributed by atoms with Crippen molar-refractivity contribution >= 4 is 21.7 Å². The van der Waals surface area contributed by atoms with E-state index in [9.17, 15) is 9.18 Å². The summed E-state index contributed by atoms with van der Waals surface area (Å²) < 4.78 is 18.3. The zero-order valence-electron chi connectivity index (χ0n) is 8.24. The van der Waals surface area contributed by atoms with Crippen molar-refractivity contribution in [2.45, 2.75) is 0 Å². The fourth-order valence-corrected chi connectivity index (χ4v) is 1.85. The minimum Gasteiger partial charge on any atom is -0.422 e. The number of halogens is 1. The van der Waals surface area contributed by atoms with Crippen LogP contribution in [0, 0.1) is 5.82 Å². The Morgan fingerprint density at radius 3 is 2.62 bits per heavy atom. The summed E-state index contributed by atoms with van der Waals surface area (Å²) in [6, 6.07) is 11.2. The Morgan fingerprint density at radius 2 is 1.75 bits per heavy atom. The summed E-state index contributed by atoms with van der Waals surface area (Å²) in [6.07, 6.45) is 0. The predicted octanol–water partition coefficient (Wildman–Crippen LogP) is 3.09. The third-order valence-corrected chi connectivity index (χ3v) is 2.58. The lowest BCUT2D eigenvalue weighted by atomic mass is 10.1. The van der Waals surface area contributed by atoms with Gasteiger partial charge < -0.3 is 4.42 Å². The first-order valence-corrected chi connectivity index (χ1v) is 4.87. The lowest BCUT2D eigenvalue weighted by Crippen LogP contribution is -1.99. The van der Waals surface area contributed by atoms with Gasteiger partial charge in [0.25, 0.3) is 0 Å². The molecule has 0 amide bonds. The van der Waals surface area contributed by atoms with Crippen molar-refractivity contribution in [1.82, 2.24) is 0 Å². The summed E-state index contributed by atoms with van der Waals surface area (Å²) in [7, 11) is 0. The van der Waals surface area contributed by atoms with Crippen LogP contribution >= 0.6 is 0 Å². The highest BCUT2D eigenvalue weighted by Crippen LogP contribution is 2.22. The van der Waals surface area contributed by atoms with E-state index in [1.165, 1.54) is 18.2 Å². The number of benzene rings is 2. The molecule has 0 saturated heterocycles. The fourth-order valence-electron chi connectivity index (χ4n) is 1.85. The van der Waals surface area contributed by atoms with Crippen LogP contribution in [-0.4, -0.2) is 0 Å². The molecule has 78 valence electrons. The SMILES string of the molecule is O=c1oc2ccccc2c2cc(F)ccc12. The average Bonchev–Trinajstić information content (AvgIpc) is 2.29. The molecule has 0 fully saturated rings. The predicted molar refractivity (Wildman–Crippen MR) is 59.9 cm³/mol. The molecule has 2 aromatic carbocycles. The van der Waals surface area contributed by atoms with Gasteiger partial charge in [-0.25, -0.2) is 9.18 Å². The summed E-state index contributed by atoms with van der Waals surface area (Å²) >= 11 is 0. The molecule has 2 nitrogen and oxygen atoms in total.